The van der Waals surface area contributed by atoms with Crippen molar-refractivity contribution < 1.29 is 14.6 Å². The molecular weight excluding hydrogens is 346 g/mol. The van der Waals surface area contributed by atoms with E-state index in [0.717, 1.165) is 37.9 Å². The van der Waals surface area contributed by atoms with Gasteiger partial charge in [-0.1, -0.05) is 25.0 Å². The van der Waals surface area contributed by atoms with Crippen molar-refractivity contribution in [2.75, 3.05) is 13.2 Å². The van der Waals surface area contributed by atoms with Gasteiger partial charge in [0.15, 0.2) is 0 Å². The van der Waals surface area contributed by atoms with Crippen LogP contribution in [0.25, 0.3) is 0 Å². The fourth-order valence-corrected chi connectivity index (χ4v) is 4.07. The highest BCUT2D eigenvalue weighted by atomic mass is 16.5. The van der Waals surface area contributed by atoms with Crippen LogP contribution in [0.1, 0.15) is 69.9 Å². The molecular formula is C19H33N5O3. The highest BCUT2D eigenvalue weighted by Crippen LogP contribution is 2.32. The Balaban J connectivity index is 1.43. The van der Waals surface area contributed by atoms with Gasteiger partial charge in [-0.25, -0.2) is 4.79 Å². The van der Waals surface area contributed by atoms with Crippen molar-refractivity contribution in [2.45, 2.75) is 89.0 Å². The van der Waals surface area contributed by atoms with E-state index in [0.29, 0.717) is 12.5 Å². The lowest BCUT2D eigenvalue weighted by Crippen LogP contribution is -2.53. The minimum atomic E-state index is -0.360. The van der Waals surface area contributed by atoms with Crippen LogP contribution in [-0.2, 0) is 11.3 Å². The number of aliphatic hydroxyl groups is 1. The number of aryl methyl sites for hydroxylation is 1. The number of carbonyl (C=O) groups is 1. The zero-order chi connectivity index (χ0) is 19.1. The average Bonchev–Trinajstić information content (AvgIpc) is 3.37. The minimum Gasteiger partial charge on any atom is -0.394 e. The molecule has 0 unspecified atom stereocenters. The van der Waals surface area contributed by atoms with Crippen LogP contribution in [0, 0.1) is 0 Å². The summed E-state index contributed by atoms with van der Waals surface area (Å²) < 4.78 is 7.94. The lowest BCUT2D eigenvalue weighted by molar-refractivity contribution is -0.0907. The molecule has 1 aliphatic heterocycles. The topological polar surface area (TPSA) is 101 Å². The van der Waals surface area contributed by atoms with Crippen molar-refractivity contribution in [3.05, 3.63) is 11.9 Å². The molecule has 0 radical (unpaired) electrons. The number of urea groups is 1. The van der Waals surface area contributed by atoms with Crippen LogP contribution in [0.4, 0.5) is 4.79 Å². The lowest BCUT2D eigenvalue weighted by atomic mass is 9.97. The Morgan fingerprint density at radius 2 is 2.15 bits per heavy atom. The number of nitrogens with zero attached hydrogens (tertiary/aromatic N) is 3. The quantitative estimate of drug-likeness (QED) is 0.641. The second-order valence-electron chi connectivity index (χ2n) is 7.74. The molecule has 2 amide bonds. The fourth-order valence-electron chi connectivity index (χ4n) is 4.07. The number of aliphatic hydroxyl groups excluding tert-OH is 1. The SMILES string of the molecule is CCCNC(=O)N[C@H]1CC[C@@H](CCn2cc(C3CCCC3)nn2)O[C@H]1CO. The van der Waals surface area contributed by atoms with Gasteiger partial charge in [-0.05, 0) is 38.5 Å². The van der Waals surface area contributed by atoms with Gasteiger partial charge in [0.2, 0.25) is 0 Å². The molecule has 1 saturated heterocycles. The van der Waals surface area contributed by atoms with Crippen LogP contribution in [0.5, 0.6) is 0 Å². The number of nitrogens with one attached hydrogen (secondary N) is 2. The summed E-state index contributed by atoms with van der Waals surface area (Å²) in [6, 6.07) is -0.340. The molecule has 0 bridgehead atoms. The summed E-state index contributed by atoms with van der Waals surface area (Å²) in [5, 5.41) is 24.0. The molecule has 3 rings (SSSR count). The summed E-state index contributed by atoms with van der Waals surface area (Å²) in [5.74, 6) is 0.578. The second kappa shape index (κ2) is 10.0. The Labute approximate surface area is 161 Å². The summed E-state index contributed by atoms with van der Waals surface area (Å²) >= 11 is 0. The normalized spacial score (nSPS) is 26.2. The van der Waals surface area contributed by atoms with Crippen molar-refractivity contribution >= 4 is 6.03 Å². The van der Waals surface area contributed by atoms with E-state index in [1.807, 2.05) is 11.6 Å². The Bertz CT molecular complexity index is 588. The largest absolute Gasteiger partial charge is 0.394 e. The third-order valence-electron chi connectivity index (χ3n) is 5.66. The first kappa shape index (κ1) is 20.1. The number of aromatic nitrogens is 3. The third-order valence-corrected chi connectivity index (χ3v) is 5.66. The Morgan fingerprint density at radius 3 is 2.89 bits per heavy atom. The maximum absolute atomic E-state index is 11.9. The van der Waals surface area contributed by atoms with Crippen LogP contribution in [-0.4, -0.2) is 57.5 Å². The maximum Gasteiger partial charge on any atom is 0.315 e. The monoisotopic (exact) mass is 379 g/mol. The number of carbonyl (C=O) groups excluding carboxylic acids is 1. The smallest absolute Gasteiger partial charge is 0.315 e. The van der Waals surface area contributed by atoms with E-state index >= 15 is 0 Å². The molecule has 3 atom stereocenters. The van der Waals surface area contributed by atoms with Crippen LogP contribution < -0.4 is 10.6 Å². The van der Waals surface area contributed by atoms with E-state index < -0.39 is 0 Å². The molecule has 8 nitrogen and oxygen atoms in total. The Hall–Kier alpha value is -1.67. The van der Waals surface area contributed by atoms with Gasteiger partial charge in [-0.3, -0.25) is 4.68 Å². The van der Waals surface area contributed by atoms with E-state index in [4.69, 9.17) is 4.74 Å². The predicted molar refractivity (Wildman–Crippen MR) is 101 cm³/mol. The first-order chi connectivity index (χ1) is 13.2. The molecule has 3 N–H and O–H groups in total. The molecule has 0 aromatic carbocycles. The van der Waals surface area contributed by atoms with E-state index in [2.05, 4.69) is 27.1 Å². The molecule has 27 heavy (non-hydrogen) atoms. The second-order valence-corrected chi connectivity index (χ2v) is 7.74. The fraction of sp³-hybridized carbons (Fsp3) is 0.842. The van der Waals surface area contributed by atoms with E-state index in [-0.39, 0.29) is 30.9 Å². The van der Waals surface area contributed by atoms with E-state index in [9.17, 15) is 9.90 Å². The van der Waals surface area contributed by atoms with Crippen molar-refractivity contribution in [2.24, 2.45) is 0 Å². The molecule has 2 fully saturated rings. The van der Waals surface area contributed by atoms with Crippen molar-refractivity contribution in [1.82, 2.24) is 25.6 Å². The molecule has 2 aliphatic rings. The average molecular weight is 380 g/mol. The number of ether oxygens (including phenoxy) is 1. The van der Waals surface area contributed by atoms with Crippen LogP contribution in [0.3, 0.4) is 0 Å². The van der Waals surface area contributed by atoms with E-state index in [1.54, 1.807) is 0 Å². The molecule has 0 spiro atoms. The van der Waals surface area contributed by atoms with Gasteiger partial charge in [0.05, 0.1) is 24.4 Å². The zero-order valence-corrected chi connectivity index (χ0v) is 16.3. The standard InChI is InChI=1S/C19H33N5O3/c1-2-10-20-19(26)21-16-8-7-15(27-18(16)13-25)9-11-24-12-17(22-23-24)14-5-3-4-6-14/h12,14-16,18,25H,2-11,13H2,1H3,(H2,20,21,26)/t15-,16-,18-/m0/s1. The predicted octanol–water partition coefficient (Wildman–Crippen LogP) is 1.94. The summed E-state index contributed by atoms with van der Waals surface area (Å²) in [6.45, 7) is 3.32. The number of hydrogen-bond donors (Lipinski definition) is 3. The maximum atomic E-state index is 11.9. The zero-order valence-electron chi connectivity index (χ0n) is 16.3. The summed E-state index contributed by atoms with van der Waals surface area (Å²) in [6.07, 6.45) is 10.2. The first-order valence-electron chi connectivity index (χ1n) is 10.4. The highest BCUT2D eigenvalue weighted by molar-refractivity contribution is 5.74. The third kappa shape index (κ3) is 5.65. The number of hydrogen-bond acceptors (Lipinski definition) is 5. The van der Waals surface area contributed by atoms with Crippen molar-refractivity contribution in [3.8, 4) is 0 Å². The van der Waals surface area contributed by atoms with Crippen LogP contribution >= 0.6 is 0 Å². The molecule has 8 heteroatoms. The molecule has 1 aromatic heterocycles. The number of rotatable bonds is 8. The summed E-state index contributed by atoms with van der Waals surface area (Å²) in [5.41, 5.74) is 1.12. The minimum absolute atomic E-state index is 0.0676. The summed E-state index contributed by atoms with van der Waals surface area (Å²) in [7, 11) is 0. The molecule has 1 aliphatic carbocycles. The molecule has 1 saturated carbocycles. The Kier molecular flexibility index (Phi) is 7.46. The molecule has 1 aromatic rings. The van der Waals surface area contributed by atoms with Crippen molar-refractivity contribution in [3.63, 3.8) is 0 Å². The van der Waals surface area contributed by atoms with Gasteiger partial charge in [0.25, 0.3) is 0 Å². The van der Waals surface area contributed by atoms with Gasteiger partial charge < -0.3 is 20.5 Å². The highest BCUT2D eigenvalue weighted by Gasteiger charge is 2.31. The van der Waals surface area contributed by atoms with Crippen LogP contribution in [0.2, 0.25) is 0 Å². The number of amides is 2. The van der Waals surface area contributed by atoms with Gasteiger partial charge in [0, 0.05) is 25.2 Å². The van der Waals surface area contributed by atoms with Gasteiger partial charge in [0.1, 0.15) is 6.10 Å². The van der Waals surface area contributed by atoms with Gasteiger partial charge in [-0.15, -0.1) is 5.10 Å². The first-order valence-corrected chi connectivity index (χ1v) is 10.4. The van der Waals surface area contributed by atoms with Crippen molar-refractivity contribution in [1.29, 1.82) is 0 Å². The van der Waals surface area contributed by atoms with Gasteiger partial charge in [-0.2, -0.15) is 0 Å². The molecule has 152 valence electrons. The van der Waals surface area contributed by atoms with E-state index in [1.165, 1.54) is 25.7 Å². The van der Waals surface area contributed by atoms with Gasteiger partial charge >= 0.3 is 6.03 Å². The summed E-state index contributed by atoms with van der Waals surface area (Å²) in [4.78, 5) is 11.9. The lowest BCUT2D eigenvalue weighted by Gasteiger charge is -2.36. The van der Waals surface area contributed by atoms with Crippen LogP contribution in [0.15, 0.2) is 6.20 Å². The molecule has 2 heterocycles. The Morgan fingerprint density at radius 1 is 1.33 bits per heavy atom.